The maximum atomic E-state index is 13.1. The molecule has 0 amide bonds. The average molecular weight is 317 g/mol. The minimum Gasteiger partial charge on any atom is -0.388 e. The zero-order valence-electron chi connectivity index (χ0n) is 10.7. The predicted molar refractivity (Wildman–Crippen MR) is 70.4 cm³/mol. The topological polar surface area (TPSA) is 33.1 Å². The zero-order valence-corrected chi connectivity index (χ0v) is 11.6. The molecule has 1 aliphatic carbocycles. The number of rotatable bonds is 1. The lowest BCUT2D eigenvalue weighted by Crippen LogP contribution is -2.08. The smallest absolute Gasteiger partial charge is 0.388 e. The van der Waals surface area contributed by atoms with Crippen LogP contribution in [0.15, 0.2) is 18.2 Å². The zero-order chi connectivity index (χ0) is 15.2. The number of hydrogen-bond acceptors (Lipinski definition) is 3. The largest absolute Gasteiger partial charge is 0.417 e. The fourth-order valence-electron chi connectivity index (χ4n) is 2.45. The Morgan fingerprint density at radius 2 is 2.05 bits per heavy atom. The highest BCUT2D eigenvalue weighted by molar-refractivity contribution is 7.15. The molecule has 1 aromatic carbocycles. The Labute approximate surface area is 122 Å². The molecular formula is C14H11F4NOS. The highest BCUT2D eigenvalue weighted by Gasteiger charge is 2.35. The number of nitrogens with zero attached hydrogens (tertiary/aromatic N) is 1. The van der Waals surface area contributed by atoms with Crippen LogP contribution in [0.4, 0.5) is 17.6 Å². The van der Waals surface area contributed by atoms with E-state index < -0.39 is 23.7 Å². The van der Waals surface area contributed by atoms with Gasteiger partial charge in [0, 0.05) is 5.56 Å². The first-order valence-corrected chi connectivity index (χ1v) is 7.22. The minimum absolute atomic E-state index is 0.143. The van der Waals surface area contributed by atoms with Crippen molar-refractivity contribution in [2.45, 2.75) is 31.5 Å². The molecule has 3 rings (SSSR count). The standard InChI is InChI=1S/C14H11F4NOS/c15-7-4-5-8(9(6-7)14(16,17)18)13-19-10-2-1-3-11(20)12(10)21-13/h4-6,11,20H,1-3H2. The number of thiazole rings is 1. The van der Waals surface area contributed by atoms with E-state index in [9.17, 15) is 22.7 Å². The van der Waals surface area contributed by atoms with E-state index in [1.54, 1.807) is 0 Å². The van der Waals surface area contributed by atoms with E-state index in [-0.39, 0.29) is 10.6 Å². The molecule has 0 saturated heterocycles. The van der Waals surface area contributed by atoms with Gasteiger partial charge in [0.2, 0.25) is 0 Å². The summed E-state index contributed by atoms with van der Waals surface area (Å²) in [5.74, 6) is -0.938. The quantitative estimate of drug-likeness (QED) is 0.794. The molecule has 0 bridgehead atoms. The van der Waals surface area contributed by atoms with Gasteiger partial charge in [-0.05, 0) is 37.5 Å². The van der Waals surface area contributed by atoms with Crippen LogP contribution in [0.5, 0.6) is 0 Å². The third kappa shape index (κ3) is 2.67. The summed E-state index contributed by atoms with van der Waals surface area (Å²) in [5, 5.41) is 10.1. The number of alkyl halides is 3. The molecule has 1 heterocycles. The number of aliphatic hydroxyl groups is 1. The van der Waals surface area contributed by atoms with Crippen molar-refractivity contribution in [3.05, 3.63) is 40.2 Å². The number of benzene rings is 1. The van der Waals surface area contributed by atoms with Crippen LogP contribution in [-0.2, 0) is 12.6 Å². The summed E-state index contributed by atoms with van der Waals surface area (Å²) in [7, 11) is 0. The van der Waals surface area contributed by atoms with Crippen molar-refractivity contribution in [3.8, 4) is 10.6 Å². The van der Waals surface area contributed by atoms with Crippen LogP contribution in [0, 0.1) is 5.82 Å². The summed E-state index contributed by atoms with van der Waals surface area (Å²) >= 11 is 1.05. The lowest BCUT2D eigenvalue weighted by Gasteiger charge is -2.14. The Balaban J connectivity index is 2.13. The first-order valence-electron chi connectivity index (χ1n) is 6.41. The van der Waals surface area contributed by atoms with Gasteiger partial charge >= 0.3 is 6.18 Å². The number of fused-ring (bicyclic) bond motifs is 1. The average Bonchev–Trinajstić information content (AvgIpc) is 2.83. The molecule has 1 aromatic heterocycles. The van der Waals surface area contributed by atoms with E-state index in [0.717, 1.165) is 29.9 Å². The monoisotopic (exact) mass is 317 g/mol. The van der Waals surface area contributed by atoms with Crippen molar-refractivity contribution in [1.82, 2.24) is 4.98 Å². The van der Waals surface area contributed by atoms with Gasteiger partial charge in [0.15, 0.2) is 0 Å². The molecular weight excluding hydrogens is 306 g/mol. The molecule has 1 unspecified atom stereocenters. The second-order valence-electron chi connectivity index (χ2n) is 4.93. The normalized spacial score (nSPS) is 18.6. The molecule has 2 aromatic rings. The number of aromatic nitrogens is 1. The first-order chi connectivity index (χ1) is 9.86. The number of halogens is 4. The van der Waals surface area contributed by atoms with Crippen LogP contribution >= 0.6 is 11.3 Å². The van der Waals surface area contributed by atoms with Crippen LogP contribution in [0.1, 0.15) is 35.1 Å². The second-order valence-corrected chi connectivity index (χ2v) is 5.96. The Bertz CT molecular complexity index is 680. The van der Waals surface area contributed by atoms with E-state index >= 15 is 0 Å². The van der Waals surface area contributed by atoms with Gasteiger partial charge in [-0.1, -0.05) is 0 Å². The van der Waals surface area contributed by atoms with E-state index in [4.69, 9.17) is 0 Å². The third-order valence-corrected chi connectivity index (χ3v) is 4.67. The molecule has 1 atom stereocenters. The van der Waals surface area contributed by atoms with Gasteiger partial charge in [0.1, 0.15) is 10.8 Å². The van der Waals surface area contributed by atoms with Gasteiger partial charge in [0.25, 0.3) is 0 Å². The number of hydrogen-bond donors (Lipinski definition) is 1. The van der Waals surface area contributed by atoms with Crippen LogP contribution < -0.4 is 0 Å². The molecule has 112 valence electrons. The van der Waals surface area contributed by atoms with E-state index in [1.807, 2.05) is 0 Å². The maximum Gasteiger partial charge on any atom is 0.417 e. The van der Waals surface area contributed by atoms with Crippen molar-refractivity contribution in [2.24, 2.45) is 0 Å². The Kier molecular flexibility index (Phi) is 3.49. The lowest BCUT2D eigenvalue weighted by molar-refractivity contribution is -0.137. The van der Waals surface area contributed by atoms with Gasteiger partial charge in [-0.15, -0.1) is 11.3 Å². The molecule has 0 aliphatic heterocycles. The number of aryl methyl sites for hydroxylation is 1. The summed E-state index contributed by atoms with van der Waals surface area (Å²) in [5.41, 5.74) is -0.537. The Morgan fingerprint density at radius 3 is 2.71 bits per heavy atom. The van der Waals surface area contributed by atoms with Gasteiger partial charge in [-0.3, -0.25) is 0 Å². The van der Waals surface area contributed by atoms with Gasteiger partial charge in [0.05, 0.1) is 22.2 Å². The molecule has 0 radical (unpaired) electrons. The fourth-order valence-corrected chi connectivity index (χ4v) is 3.62. The summed E-state index contributed by atoms with van der Waals surface area (Å²) in [6.45, 7) is 0. The van der Waals surface area contributed by atoms with Gasteiger partial charge < -0.3 is 5.11 Å². The van der Waals surface area contributed by atoms with Crippen LogP contribution in [-0.4, -0.2) is 10.1 Å². The summed E-state index contributed by atoms with van der Waals surface area (Å²) < 4.78 is 52.2. The van der Waals surface area contributed by atoms with Crippen molar-refractivity contribution >= 4 is 11.3 Å². The fraction of sp³-hybridized carbons (Fsp3) is 0.357. The molecule has 21 heavy (non-hydrogen) atoms. The third-order valence-electron chi connectivity index (χ3n) is 3.44. The van der Waals surface area contributed by atoms with Crippen LogP contribution in [0.25, 0.3) is 10.6 Å². The van der Waals surface area contributed by atoms with Crippen molar-refractivity contribution in [1.29, 1.82) is 0 Å². The van der Waals surface area contributed by atoms with Crippen molar-refractivity contribution < 1.29 is 22.7 Å². The van der Waals surface area contributed by atoms with E-state index in [0.29, 0.717) is 29.5 Å². The van der Waals surface area contributed by atoms with E-state index in [2.05, 4.69) is 4.98 Å². The predicted octanol–water partition coefficient (Wildman–Crippen LogP) is 4.34. The highest BCUT2D eigenvalue weighted by atomic mass is 32.1. The van der Waals surface area contributed by atoms with Crippen molar-refractivity contribution in [2.75, 3.05) is 0 Å². The summed E-state index contributed by atoms with van der Waals surface area (Å²) in [6, 6.07) is 2.56. The second kappa shape index (κ2) is 5.06. The Hall–Kier alpha value is -1.47. The van der Waals surface area contributed by atoms with Gasteiger partial charge in [-0.25, -0.2) is 9.37 Å². The summed E-state index contributed by atoms with van der Waals surface area (Å²) in [6.07, 6.45) is -3.33. The maximum absolute atomic E-state index is 13.1. The molecule has 0 saturated carbocycles. The molecule has 7 heteroatoms. The molecule has 2 nitrogen and oxygen atoms in total. The first kappa shape index (κ1) is 14.5. The summed E-state index contributed by atoms with van der Waals surface area (Å²) in [4.78, 5) is 4.83. The lowest BCUT2D eigenvalue weighted by atomic mass is 10.0. The van der Waals surface area contributed by atoms with Crippen LogP contribution in [0.3, 0.4) is 0 Å². The molecule has 0 fully saturated rings. The van der Waals surface area contributed by atoms with Crippen LogP contribution in [0.2, 0.25) is 0 Å². The SMILES string of the molecule is OC1CCCc2nc(-c3ccc(F)cc3C(F)(F)F)sc21. The van der Waals surface area contributed by atoms with Gasteiger partial charge in [-0.2, -0.15) is 13.2 Å². The number of aliphatic hydroxyl groups excluding tert-OH is 1. The van der Waals surface area contributed by atoms with E-state index in [1.165, 1.54) is 0 Å². The van der Waals surface area contributed by atoms with Crippen molar-refractivity contribution in [3.63, 3.8) is 0 Å². The molecule has 1 aliphatic rings. The highest BCUT2D eigenvalue weighted by Crippen LogP contribution is 2.42. The molecule has 0 spiro atoms. The molecule has 1 N–H and O–H groups in total. The minimum atomic E-state index is -4.65. The Morgan fingerprint density at radius 1 is 1.29 bits per heavy atom.